The minimum atomic E-state index is -0.351. The van der Waals surface area contributed by atoms with Crippen LogP contribution in [0.25, 0.3) is 83.5 Å². The van der Waals surface area contributed by atoms with Crippen molar-refractivity contribution in [3.05, 3.63) is 367 Å². The van der Waals surface area contributed by atoms with Crippen LogP contribution >= 0.6 is 0 Å². The van der Waals surface area contributed by atoms with Crippen LogP contribution in [0.3, 0.4) is 0 Å². The summed E-state index contributed by atoms with van der Waals surface area (Å²) >= 11 is 0. The summed E-state index contributed by atoms with van der Waals surface area (Å²) in [6, 6.07) is 112. The zero-order valence-electron chi connectivity index (χ0n) is 49.5. The summed E-state index contributed by atoms with van der Waals surface area (Å²) in [5, 5.41) is 7.51. The van der Waals surface area contributed by atoms with Gasteiger partial charge in [0.1, 0.15) is 24.0 Å². The van der Waals surface area contributed by atoms with Crippen LogP contribution in [0.15, 0.2) is 353 Å². The fourth-order valence-electron chi connectivity index (χ4n) is 12.2. The Labute approximate surface area is 526 Å². The Morgan fingerprint density at radius 1 is 0.256 bits per heavy atom. The normalized spacial score (nSPS) is 15.4. The van der Waals surface area contributed by atoms with Gasteiger partial charge in [-0.05, 0) is 149 Å². The molecule has 428 valence electrons. The molecule has 90 heavy (non-hydrogen) atoms. The molecule has 2 heterocycles. The van der Waals surface area contributed by atoms with E-state index in [2.05, 4.69) is 326 Å². The molecule has 0 fully saturated rings. The molecule has 3 aliphatic rings. The van der Waals surface area contributed by atoms with Gasteiger partial charge < -0.3 is 10.6 Å². The number of aliphatic imine (C=N–C) groups is 4. The smallest absolute Gasteiger partial charge is 0.159 e. The highest BCUT2D eigenvalue weighted by Crippen LogP contribution is 2.36. The van der Waals surface area contributed by atoms with Gasteiger partial charge in [-0.15, -0.1) is 0 Å². The lowest BCUT2D eigenvalue weighted by atomic mass is 9.91. The van der Waals surface area contributed by atoms with E-state index in [9.17, 15) is 0 Å². The van der Waals surface area contributed by atoms with Gasteiger partial charge in [0.05, 0.1) is 0 Å². The first kappa shape index (κ1) is 55.0. The third kappa shape index (κ3) is 12.0. The van der Waals surface area contributed by atoms with Crippen molar-refractivity contribution in [3.63, 3.8) is 0 Å². The van der Waals surface area contributed by atoms with E-state index in [0.717, 1.165) is 114 Å². The Hall–Kier alpha value is -11.6. The number of nitrogens with one attached hydrogen (secondary N) is 2. The molecule has 1 aliphatic carbocycles. The lowest BCUT2D eigenvalue weighted by Gasteiger charge is -2.26. The summed E-state index contributed by atoms with van der Waals surface area (Å²) in [5.74, 6) is 3.02. The first-order valence-electron chi connectivity index (χ1n) is 30.9. The van der Waals surface area contributed by atoms with Gasteiger partial charge in [0, 0.05) is 16.7 Å². The van der Waals surface area contributed by atoms with Gasteiger partial charge in [-0.25, -0.2) is 20.0 Å². The van der Waals surface area contributed by atoms with Crippen LogP contribution in [0, 0.1) is 0 Å². The van der Waals surface area contributed by atoms with E-state index in [0.29, 0.717) is 11.7 Å². The molecule has 0 saturated carbocycles. The summed E-state index contributed by atoms with van der Waals surface area (Å²) in [6.45, 7) is 0. The highest BCUT2D eigenvalue weighted by atomic mass is 15.2. The van der Waals surface area contributed by atoms with Gasteiger partial charge >= 0.3 is 0 Å². The maximum absolute atomic E-state index is 5.30. The Balaban J connectivity index is 0.691. The third-order valence-corrected chi connectivity index (χ3v) is 17.1. The van der Waals surface area contributed by atoms with E-state index in [1.165, 1.54) is 33.4 Å². The fraction of sp³-hybridized carbons (Fsp3) is 0.0476. The van der Waals surface area contributed by atoms with E-state index < -0.39 is 0 Å². The molecule has 2 aliphatic heterocycles. The summed E-state index contributed by atoms with van der Waals surface area (Å²) < 4.78 is 0. The zero-order valence-corrected chi connectivity index (χ0v) is 49.5. The second kappa shape index (κ2) is 25.0. The van der Waals surface area contributed by atoms with Crippen molar-refractivity contribution >= 4 is 28.9 Å². The number of nitrogens with zero attached hydrogens (tertiary/aromatic N) is 4. The van der Waals surface area contributed by atoms with Gasteiger partial charge in [-0.1, -0.05) is 297 Å². The van der Waals surface area contributed by atoms with Crippen molar-refractivity contribution in [2.45, 2.75) is 25.2 Å². The maximum Gasteiger partial charge on any atom is 0.159 e. The molecule has 0 bridgehead atoms. The predicted molar refractivity (Wildman–Crippen MR) is 374 cm³/mol. The number of rotatable bonds is 14. The molecule has 0 amide bonds. The van der Waals surface area contributed by atoms with Gasteiger partial charge in [-0.2, -0.15) is 0 Å². The summed E-state index contributed by atoms with van der Waals surface area (Å²) in [5.41, 5.74) is 24.7. The van der Waals surface area contributed by atoms with Crippen molar-refractivity contribution in [2.24, 2.45) is 20.0 Å². The third-order valence-electron chi connectivity index (χ3n) is 17.1. The number of hydrogen-bond donors (Lipinski definition) is 2. The van der Waals surface area contributed by atoms with Crippen molar-refractivity contribution in [1.29, 1.82) is 0 Å². The Morgan fingerprint density at radius 3 is 0.944 bits per heavy atom. The van der Waals surface area contributed by atoms with Crippen LogP contribution in [0.4, 0.5) is 0 Å². The monoisotopic (exact) mass is 1150 g/mol. The van der Waals surface area contributed by atoms with Gasteiger partial charge in [0.15, 0.2) is 11.7 Å². The number of allylic oxidation sites excluding steroid dienone is 3. The van der Waals surface area contributed by atoms with E-state index >= 15 is 0 Å². The first-order chi connectivity index (χ1) is 44.5. The minimum Gasteiger partial charge on any atom is -0.344 e. The first-order valence-corrected chi connectivity index (χ1v) is 30.9. The highest BCUT2D eigenvalue weighted by Gasteiger charge is 2.25. The van der Waals surface area contributed by atoms with E-state index in [4.69, 9.17) is 20.0 Å². The largest absolute Gasteiger partial charge is 0.344 e. The molecule has 6 nitrogen and oxygen atoms in total. The standard InChI is InChI=1S/C84H62N6/c1-5-18-57(19-6-1)61-36-44-65(45-37-61)79-85-80(66-46-38-62(39-47-66)58-20-7-2-8-21-58)88-83(87-79)77-34-16-32-75(55-77)73-30-14-28-71(53-73)69-26-13-27-70(52-69)72-29-15-31-74(54-72)76-33-17-35-78(56-76)84-89-81(67-48-40-63(41-49-67)59-22-9-3-10-23-59)86-82(90-84)68-50-42-64(43-51-68)60-24-11-4-12-25-60/h1-16,18-34,36-56,79,81H,17,35H2,(H,85,87,88)(H,86,89,90). The highest BCUT2D eigenvalue weighted by molar-refractivity contribution is 6.15. The molecule has 0 saturated heterocycles. The lowest BCUT2D eigenvalue weighted by molar-refractivity contribution is 0.671. The molecule has 0 spiro atoms. The molecule has 2 atom stereocenters. The summed E-state index contributed by atoms with van der Waals surface area (Å²) in [4.78, 5) is 21.1. The lowest BCUT2D eigenvalue weighted by Crippen LogP contribution is -2.34. The van der Waals surface area contributed by atoms with E-state index in [-0.39, 0.29) is 12.3 Å². The van der Waals surface area contributed by atoms with Crippen LogP contribution in [0.5, 0.6) is 0 Å². The Morgan fingerprint density at radius 2 is 0.544 bits per heavy atom. The number of benzene rings is 12. The molecule has 2 N–H and O–H groups in total. The average molecular weight is 1160 g/mol. The van der Waals surface area contributed by atoms with Gasteiger partial charge in [0.25, 0.3) is 0 Å². The topological polar surface area (TPSA) is 73.5 Å². The number of amidine groups is 4. The summed E-state index contributed by atoms with van der Waals surface area (Å²) in [7, 11) is 0. The Bertz CT molecular complexity index is 4760. The van der Waals surface area contributed by atoms with Gasteiger partial charge in [0.2, 0.25) is 0 Å². The quantitative estimate of drug-likeness (QED) is 0.114. The van der Waals surface area contributed by atoms with Gasteiger partial charge in [-0.3, -0.25) is 0 Å². The van der Waals surface area contributed by atoms with Crippen molar-refractivity contribution < 1.29 is 0 Å². The number of hydrogen-bond acceptors (Lipinski definition) is 6. The van der Waals surface area contributed by atoms with Crippen LogP contribution in [-0.4, -0.2) is 23.3 Å². The SMILES string of the molecule is C1=C(C2=NC(c3ccc(-c4ccccc4)cc3)=NC(c3ccc(-c4ccccc4)cc3)N2)CCC=C1c1cccc(-c2cccc(-c3cccc(-c4cccc(C5=NC(c6ccc(-c7ccccc7)cc6)=NC(c6ccc(-c7ccccc7)cc6)N5)c4)c3)c2)c1. The molecule has 6 heteroatoms. The minimum absolute atomic E-state index is 0.320. The molecule has 0 aromatic heterocycles. The molecular weight excluding hydrogens is 1090 g/mol. The fourth-order valence-corrected chi connectivity index (χ4v) is 12.2. The second-order valence-corrected chi connectivity index (χ2v) is 23.0. The van der Waals surface area contributed by atoms with Crippen LogP contribution < -0.4 is 10.6 Å². The molecule has 12 aromatic carbocycles. The van der Waals surface area contributed by atoms with Crippen LogP contribution in [-0.2, 0) is 0 Å². The van der Waals surface area contributed by atoms with E-state index in [1.54, 1.807) is 0 Å². The Kier molecular flexibility index (Phi) is 15.3. The zero-order chi connectivity index (χ0) is 60.0. The predicted octanol–water partition coefficient (Wildman–Crippen LogP) is 20.1. The van der Waals surface area contributed by atoms with E-state index in [1.807, 2.05) is 12.1 Å². The molecule has 0 radical (unpaired) electrons. The summed E-state index contributed by atoms with van der Waals surface area (Å²) in [6.07, 6.45) is 5.76. The molecular formula is C84H62N6. The van der Waals surface area contributed by atoms with Crippen LogP contribution in [0.2, 0.25) is 0 Å². The maximum atomic E-state index is 5.30. The molecule has 12 aromatic rings. The van der Waals surface area contributed by atoms with Crippen molar-refractivity contribution in [2.75, 3.05) is 0 Å². The second-order valence-electron chi connectivity index (χ2n) is 23.0. The average Bonchev–Trinajstić information content (AvgIpc) is 2.20. The molecule has 15 rings (SSSR count). The van der Waals surface area contributed by atoms with Crippen LogP contribution in [0.1, 0.15) is 58.6 Å². The molecule has 2 unspecified atom stereocenters. The van der Waals surface area contributed by atoms with Crippen molar-refractivity contribution in [3.8, 4) is 77.9 Å². The van der Waals surface area contributed by atoms with Crippen molar-refractivity contribution in [1.82, 2.24) is 10.6 Å².